The number of nitrogens with zero attached hydrogens (tertiary/aromatic N) is 1. The lowest BCUT2D eigenvalue weighted by molar-refractivity contribution is 0.281. The summed E-state index contributed by atoms with van der Waals surface area (Å²) in [4.78, 5) is 2.54. The van der Waals surface area contributed by atoms with Gasteiger partial charge >= 0.3 is 0 Å². The molecule has 0 radical (unpaired) electrons. The molecule has 0 bridgehead atoms. The van der Waals surface area contributed by atoms with E-state index in [2.05, 4.69) is 37.1 Å². The molecule has 2 heterocycles. The highest BCUT2D eigenvalue weighted by Gasteiger charge is 2.22. The Morgan fingerprint density at radius 2 is 2.20 bits per heavy atom. The number of hydrogen-bond acceptors (Lipinski definition) is 3. The highest BCUT2D eigenvalue weighted by atomic mass is 16.3. The average molecular weight is 278 g/mol. The van der Waals surface area contributed by atoms with Gasteiger partial charge in [-0.1, -0.05) is 20.3 Å². The third-order valence-electron chi connectivity index (χ3n) is 4.26. The monoisotopic (exact) mass is 278 g/mol. The van der Waals surface area contributed by atoms with Crippen molar-refractivity contribution in [2.75, 3.05) is 19.6 Å². The van der Waals surface area contributed by atoms with Crippen molar-refractivity contribution in [1.82, 2.24) is 10.2 Å². The first-order chi connectivity index (χ1) is 9.72. The van der Waals surface area contributed by atoms with Crippen LogP contribution in [0.3, 0.4) is 0 Å². The Labute approximate surface area is 123 Å². The number of nitrogens with one attached hydrogen (secondary N) is 1. The molecule has 1 aliphatic heterocycles. The Balaban J connectivity index is 1.83. The molecule has 0 amide bonds. The Kier molecular flexibility index (Phi) is 6.11. The lowest BCUT2D eigenvalue weighted by Crippen LogP contribution is -2.19. The van der Waals surface area contributed by atoms with E-state index in [4.69, 9.17) is 4.42 Å². The summed E-state index contributed by atoms with van der Waals surface area (Å²) in [6.07, 6.45) is 5.22. The minimum atomic E-state index is 0.904. The molecule has 0 saturated carbocycles. The maximum Gasteiger partial charge on any atom is 0.118 e. The van der Waals surface area contributed by atoms with E-state index in [-0.39, 0.29) is 0 Å². The second-order valence-corrected chi connectivity index (χ2v) is 6.15. The molecule has 114 valence electrons. The van der Waals surface area contributed by atoms with Crippen LogP contribution >= 0.6 is 0 Å². The number of hydrogen-bond donors (Lipinski definition) is 1. The summed E-state index contributed by atoms with van der Waals surface area (Å²) in [7, 11) is 0. The zero-order chi connectivity index (χ0) is 14.4. The molecule has 3 heteroatoms. The van der Waals surface area contributed by atoms with E-state index in [1.54, 1.807) is 0 Å². The molecule has 0 aliphatic carbocycles. The third kappa shape index (κ3) is 4.35. The molecule has 1 N–H and O–H groups in total. The van der Waals surface area contributed by atoms with Crippen molar-refractivity contribution in [3.05, 3.63) is 23.2 Å². The molecule has 20 heavy (non-hydrogen) atoms. The number of furan rings is 1. The van der Waals surface area contributed by atoms with Crippen LogP contribution in [0.25, 0.3) is 0 Å². The molecule has 1 aliphatic rings. The van der Waals surface area contributed by atoms with Crippen molar-refractivity contribution < 1.29 is 4.42 Å². The molecule has 1 unspecified atom stereocenters. The smallest absolute Gasteiger partial charge is 0.118 e. The van der Waals surface area contributed by atoms with Crippen molar-refractivity contribution in [1.29, 1.82) is 0 Å². The first kappa shape index (κ1) is 15.6. The van der Waals surface area contributed by atoms with Crippen molar-refractivity contribution in [2.24, 2.45) is 5.92 Å². The summed E-state index contributed by atoms with van der Waals surface area (Å²) in [6.45, 7) is 12.0. The minimum absolute atomic E-state index is 0.904. The fourth-order valence-corrected chi connectivity index (χ4v) is 3.16. The lowest BCUT2D eigenvalue weighted by Gasteiger charge is -2.13. The van der Waals surface area contributed by atoms with Gasteiger partial charge in [0.2, 0.25) is 0 Å². The van der Waals surface area contributed by atoms with E-state index in [0.29, 0.717) is 0 Å². The quantitative estimate of drug-likeness (QED) is 0.735. The van der Waals surface area contributed by atoms with Crippen molar-refractivity contribution in [3.63, 3.8) is 0 Å². The summed E-state index contributed by atoms with van der Waals surface area (Å²) in [5, 5.41) is 3.45. The van der Waals surface area contributed by atoms with Crippen LogP contribution in [0.4, 0.5) is 0 Å². The van der Waals surface area contributed by atoms with Crippen LogP contribution in [-0.4, -0.2) is 24.5 Å². The molecule has 1 aromatic heterocycles. The van der Waals surface area contributed by atoms with Crippen LogP contribution < -0.4 is 5.32 Å². The number of rotatable bonds is 8. The first-order valence-electron chi connectivity index (χ1n) is 8.24. The van der Waals surface area contributed by atoms with E-state index in [9.17, 15) is 0 Å². The van der Waals surface area contributed by atoms with Crippen molar-refractivity contribution >= 4 is 0 Å². The fourth-order valence-electron chi connectivity index (χ4n) is 3.16. The Morgan fingerprint density at radius 1 is 1.35 bits per heavy atom. The molecule has 1 fully saturated rings. The standard InChI is InChI=1S/C17H30N2O/c1-4-6-15-7-9-19(12-15)13-17-10-16(14(3)20-17)11-18-8-5-2/h10,15,18H,4-9,11-13H2,1-3H3. The zero-order valence-corrected chi connectivity index (χ0v) is 13.4. The van der Waals surface area contributed by atoms with Gasteiger partial charge in [-0.05, 0) is 51.3 Å². The molecule has 0 aromatic carbocycles. The fraction of sp³-hybridized carbons (Fsp3) is 0.765. The van der Waals surface area contributed by atoms with Crippen molar-refractivity contribution in [3.8, 4) is 0 Å². The second-order valence-electron chi connectivity index (χ2n) is 6.15. The van der Waals surface area contributed by atoms with Gasteiger partial charge in [-0.3, -0.25) is 4.90 Å². The van der Waals surface area contributed by atoms with E-state index >= 15 is 0 Å². The van der Waals surface area contributed by atoms with Gasteiger partial charge in [-0.25, -0.2) is 0 Å². The summed E-state index contributed by atoms with van der Waals surface area (Å²) in [5.41, 5.74) is 1.32. The van der Waals surface area contributed by atoms with Gasteiger partial charge in [-0.2, -0.15) is 0 Å². The second kappa shape index (κ2) is 7.84. The van der Waals surface area contributed by atoms with Crippen LogP contribution in [-0.2, 0) is 13.1 Å². The molecule has 1 aromatic rings. The van der Waals surface area contributed by atoms with Gasteiger partial charge in [0.15, 0.2) is 0 Å². The summed E-state index contributed by atoms with van der Waals surface area (Å²) >= 11 is 0. The van der Waals surface area contributed by atoms with Crippen LogP contribution in [0, 0.1) is 12.8 Å². The highest BCUT2D eigenvalue weighted by molar-refractivity contribution is 5.20. The lowest BCUT2D eigenvalue weighted by atomic mass is 10.0. The Bertz CT molecular complexity index is 400. The zero-order valence-electron chi connectivity index (χ0n) is 13.4. The van der Waals surface area contributed by atoms with Gasteiger partial charge < -0.3 is 9.73 Å². The van der Waals surface area contributed by atoms with Crippen LogP contribution in [0.2, 0.25) is 0 Å². The van der Waals surface area contributed by atoms with Crippen LogP contribution in [0.1, 0.15) is 56.6 Å². The predicted molar refractivity (Wildman–Crippen MR) is 83.7 cm³/mol. The predicted octanol–water partition coefficient (Wildman–Crippen LogP) is 3.71. The van der Waals surface area contributed by atoms with Gasteiger partial charge in [0.05, 0.1) is 6.54 Å². The topological polar surface area (TPSA) is 28.4 Å². The largest absolute Gasteiger partial charge is 0.465 e. The average Bonchev–Trinajstić information content (AvgIpc) is 2.99. The normalized spacial score (nSPS) is 19.9. The van der Waals surface area contributed by atoms with Crippen LogP contribution in [0.15, 0.2) is 10.5 Å². The van der Waals surface area contributed by atoms with Gasteiger partial charge in [0, 0.05) is 18.7 Å². The van der Waals surface area contributed by atoms with E-state index in [0.717, 1.165) is 37.1 Å². The maximum absolute atomic E-state index is 5.92. The van der Waals surface area contributed by atoms with Crippen molar-refractivity contribution in [2.45, 2.75) is 59.5 Å². The molecule has 2 rings (SSSR count). The Hall–Kier alpha value is -0.800. The van der Waals surface area contributed by atoms with E-state index in [1.165, 1.54) is 44.3 Å². The SMILES string of the molecule is CCCNCc1cc(CN2CCC(CCC)C2)oc1C. The molecule has 1 atom stereocenters. The van der Waals surface area contributed by atoms with Gasteiger partial charge in [-0.15, -0.1) is 0 Å². The number of aryl methyl sites for hydroxylation is 1. The third-order valence-corrected chi connectivity index (χ3v) is 4.26. The summed E-state index contributed by atoms with van der Waals surface area (Å²) in [5.74, 6) is 3.11. The van der Waals surface area contributed by atoms with E-state index in [1.807, 2.05) is 0 Å². The number of likely N-dealkylation sites (tertiary alicyclic amines) is 1. The first-order valence-corrected chi connectivity index (χ1v) is 8.24. The van der Waals surface area contributed by atoms with Gasteiger partial charge in [0.25, 0.3) is 0 Å². The molecular weight excluding hydrogens is 248 g/mol. The molecule has 0 spiro atoms. The minimum Gasteiger partial charge on any atom is -0.465 e. The molecular formula is C17H30N2O. The summed E-state index contributed by atoms with van der Waals surface area (Å²) in [6, 6.07) is 2.24. The Morgan fingerprint density at radius 3 is 2.95 bits per heavy atom. The maximum atomic E-state index is 5.92. The van der Waals surface area contributed by atoms with Gasteiger partial charge in [0.1, 0.15) is 11.5 Å². The highest BCUT2D eigenvalue weighted by Crippen LogP contribution is 2.24. The van der Waals surface area contributed by atoms with Crippen LogP contribution in [0.5, 0.6) is 0 Å². The molecule has 3 nitrogen and oxygen atoms in total. The molecule has 1 saturated heterocycles. The summed E-state index contributed by atoms with van der Waals surface area (Å²) < 4.78 is 5.92. The van der Waals surface area contributed by atoms with E-state index < -0.39 is 0 Å².